The van der Waals surface area contributed by atoms with Crippen LogP contribution in [0.1, 0.15) is 63.9 Å². The molecule has 0 radical (unpaired) electrons. The first-order valence-corrected chi connectivity index (χ1v) is 7.31. The number of nitrogens with two attached hydrogens (primary N) is 1. The number of aromatic nitrogens is 2. The van der Waals surface area contributed by atoms with Crippen molar-refractivity contribution in [1.29, 1.82) is 0 Å². The number of nitrogen functional groups attached to an aromatic ring is 1. The van der Waals surface area contributed by atoms with Crippen molar-refractivity contribution in [2.45, 2.75) is 65.8 Å². The maximum atomic E-state index is 6.32. The summed E-state index contributed by atoms with van der Waals surface area (Å²) in [6, 6.07) is 0. The molecule has 2 rings (SSSR count). The van der Waals surface area contributed by atoms with Crippen LogP contribution in [-0.4, -0.2) is 9.55 Å². The molecule has 1 aromatic rings. The average Bonchev–Trinajstić information content (AvgIpc) is 2.58. The Morgan fingerprint density at radius 3 is 2.44 bits per heavy atom. The number of hydrogen-bond donors (Lipinski definition) is 1. The van der Waals surface area contributed by atoms with Gasteiger partial charge < -0.3 is 10.3 Å². The van der Waals surface area contributed by atoms with Gasteiger partial charge in [-0.2, -0.15) is 0 Å². The molecular formula is C15H27N3. The summed E-state index contributed by atoms with van der Waals surface area (Å²) >= 11 is 0. The van der Waals surface area contributed by atoms with E-state index in [2.05, 4.69) is 32.3 Å². The van der Waals surface area contributed by atoms with E-state index < -0.39 is 0 Å². The van der Waals surface area contributed by atoms with Gasteiger partial charge in [0.15, 0.2) is 0 Å². The third-order valence-electron chi connectivity index (χ3n) is 4.18. The van der Waals surface area contributed by atoms with E-state index in [1.165, 1.54) is 31.4 Å². The molecule has 0 aliphatic heterocycles. The van der Waals surface area contributed by atoms with Crippen LogP contribution in [0.25, 0.3) is 0 Å². The lowest BCUT2D eigenvalue weighted by Crippen LogP contribution is -2.14. The van der Waals surface area contributed by atoms with Crippen molar-refractivity contribution in [3.05, 3.63) is 11.5 Å². The molecule has 0 amide bonds. The van der Waals surface area contributed by atoms with Gasteiger partial charge >= 0.3 is 0 Å². The number of rotatable bonds is 3. The molecule has 3 nitrogen and oxygen atoms in total. The minimum atomic E-state index is 0.591. The van der Waals surface area contributed by atoms with Crippen molar-refractivity contribution < 1.29 is 0 Å². The van der Waals surface area contributed by atoms with Gasteiger partial charge in [0.2, 0.25) is 0 Å². The van der Waals surface area contributed by atoms with Crippen LogP contribution in [0.5, 0.6) is 0 Å². The van der Waals surface area contributed by atoms with E-state index >= 15 is 0 Å². The van der Waals surface area contributed by atoms with E-state index in [0.29, 0.717) is 11.8 Å². The summed E-state index contributed by atoms with van der Waals surface area (Å²) in [5.41, 5.74) is 7.49. The molecule has 1 aromatic heterocycles. The molecule has 2 N–H and O–H groups in total. The van der Waals surface area contributed by atoms with Gasteiger partial charge in [-0.1, -0.05) is 33.6 Å². The van der Waals surface area contributed by atoms with Crippen molar-refractivity contribution in [2.24, 2.45) is 11.8 Å². The molecule has 1 heterocycles. The van der Waals surface area contributed by atoms with Crippen molar-refractivity contribution in [3.63, 3.8) is 0 Å². The van der Waals surface area contributed by atoms with E-state index in [1.807, 2.05) is 0 Å². The molecule has 0 bridgehead atoms. The molecule has 0 atom stereocenters. The SMILES string of the molecule is Cc1nc(C2CCC(C)CC2)c(N)n1CC(C)C. The molecule has 1 aliphatic carbocycles. The standard InChI is InChI=1S/C15H27N3/c1-10(2)9-18-12(4)17-14(15(18)16)13-7-5-11(3)6-8-13/h10-11,13H,5-9,16H2,1-4H3. The first-order chi connectivity index (χ1) is 8.49. The Labute approximate surface area is 111 Å². The zero-order valence-corrected chi connectivity index (χ0v) is 12.2. The van der Waals surface area contributed by atoms with Gasteiger partial charge in [0, 0.05) is 12.5 Å². The molecular weight excluding hydrogens is 222 g/mol. The number of imidazole rings is 1. The van der Waals surface area contributed by atoms with Crippen LogP contribution in [0, 0.1) is 18.8 Å². The fourth-order valence-corrected chi connectivity index (χ4v) is 3.03. The van der Waals surface area contributed by atoms with Crippen molar-refractivity contribution in [3.8, 4) is 0 Å². The highest BCUT2D eigenvalue weighted by atomic mass is 15.1. The third-order valence-corrected chi connectivity index (χ3v) is 4.18. The maximum Gasteiger partial charge on any atom is 0.127 e. The first-order valence-electron chi connectivity index (χ1n) is 7.31. The molecule has 0 saturated heterocycles. The fraction of sp³-hybridized carbons (Fsp3) is 0.800. The molecule has 1 saturated carbocycles. The van der Waals surface area contributed by atoms with Crippen LogP contribution < -0.4 is 5.73 Å². The highest BCUT2D eigenvalue weighted by molar-refractivity contribution is 5.40. The summed E-state index contributed by atoms with van der Waals surface area (Å²) in [6.45, 7) is 9.85. The first kappa shape index (κ1) is 13.4. The van der Waals surface area contributed by atoms with Gasteiger partial charge in [0.1, 0.15) is 11.6 Å². The molecule has 0 aromatic carbocycles. The highest BCUT2D eigenvalue weighted by Crippen LogP contribution is 2.37. The normalized spacial score (nSPS) is 24.7. The van der Waals surface area contributed by atoms with Crippen molar-refractivity contribution in [1.82, 2.24) is 9.55 Å². The Bertz CT molecular complexity index is 398. The van der Waals surface area contributed by atoms with E-state index in [9.17, 15) is 0 Å². The number of nitrogens with zero attached hydrogens (tertiary/aromatic N) is 2. The van der Waals surface area contributed by atoms with E-state index in [-0.39, 0.29) is 0 Å². The molecule has 1 fully saturated rings. The van der Waals surface area contributed by atoms with Crippen LogP contribution >= 0.6 is 0 Å². The zero-order valence-electron chi connectivity index (χ0n) is 12.2. The quantitative estimate of drug-likeness (QED) is 0.887. The van der Waals surface area contributed by atoms with Crippen LogP contribution in [0.15, 0.2) is 0 Å². The topological polar surface area (TPSA) is 43.8 Å². The molecule has 1 aliphatic rings. The Morgan fingerprint density at radius 1 is 1.28 bits per heavy atom. The Hall–Kier alpha value is -0.990. The Balaban J connectivity index is 2.19. The summed E-state index contributed by atoms with van der Waals surface area (Å²) in [7, 11) is 0. The molecule has 0 unspecified atom stereocenters. The Kier molecular flexibility index (Phi) is 3.98. The number of hydrogen-bond acceptors (Lipinski definition) is 2. The average molecular weight is 249 g/mol. The summed E-state index contributed by atoms with van der Waals surface area (Å²) in [4.78, 5) is 4.75. The number of aryl methyl sites for hydroxylation is 1. The van der Waals surface area contributed by atoms with E-state index in [1.54, 1.807) is 0 Å². The predicted molar refractivity (Wildman–Crippen MR) is 76.6 cm³/mol. The molecule has 0 spiro atoms. The van der Waals surface area contributed by atoms with Gasteiger partial charge in [0.05, 0.1) is 5.69 Å². The molecule has 102 valence electrons. The van der Waals surface area contributed by atoms with Crippen LogP contribution in [0.2, 0.25) is 0 Å². The second kappa shape index (κ2) is 5.33. The second-order valence-electron chi connectivity index (χ2n) is 6.39. The predicted octanol–water partition coefficient (Wildman–Crippen LogP) is 3.72. The van der Waals surface area contributed by atoms with Gasteiger partial charge in [-0.25, -0.2) is 4.98 Å². The van der Waals surface area contributed by atoms with Gasteiger partial charge in [-0.05, 0) is 31.6 Å². The van der Waals surface area contributed by atoms with Crippen molar-refractivity contribution in [2.75, 3.05) is 5.73 Å². The maximum absolute atomic E-state index is 6.32. The largest absolute Gasteiger partial charge is 0.384 e. The van der Waals surface area contributed by atoms with Crippen molar-refractivity contribution >= 4 is 5.82 Å². The van der Waals surface area contributed by atoms with Gasteiger partial charge in [0.25, 0.3) is 0 Å². The third kappa shape index (κ3) is 2.70. The smallest absolute Gasteiger partial charge is 0.127 e. The van der Waals surface area contributed by atoms with Gasteiger partial charge in [-0.3, -0.25) is 0 Å². The molecule has 3 heteroatoms. The second-order valence-corrected chi connectivity index (χ2v) is 6.39. The van der Waals surface area contributed by atoms with Crippen LogP contribution in [-0.2, 0) is 6.54 Å². The van der Waals surface area contributed by atoms with E-state index in [4.69, 9.17) is 10.7 Å². The lowest BCUT2D eigenvalue weighted by molar-refractivity contribution is 0.345. The molecule has 18 heavy (non-hydrogen) atoms. The zero-order chi connectivity index (χ0) is 13.3. The lowest BCUT2D eigenvalue weighted by Gasteiger charge is -2.25. The lowest BCUT2D eigenvalue weighted by atomic mass is 9.81. The monoisotopic (exact) mass is 249 g/mol. The summed E-state index contributed by atoms with van der Waals surface area (Å²) in [6.07, 6.45) is 5.15. The number of anilines is 1. The summed E-state index contributed by atoms with van der Waals surface area (Å²) in [5.74, 6) is 4.07. The summed E-state index contributed by atoms with van der Waals surface area (Å²) in [5, 5.41) is 0. The Morgan fingerprint density at radius 2 is 1.89 bits per heavy atom. The summed E-state index contributed by atoms with van der Waals surface area (Å²) < 4.78 is 2.19. The minimum absolute atomic E-state index is 0.591. The van der Waals surface area contributed by atoms with E-state index in [0.717, 1.165) is 24.1 Å². The van der Waals surface area contributed by atoms with Gasteiger partial charge in [-0.15, -0.1) is 0 Å². The fourth-order valence-electron chi connectivity index (χ4n) is 3.03. The van der Waals surface area contributed by atoms with Crippen LogP contribution in [0.4, 0.5) is 5.82 Å². The minimum Gasteiger partial charge on any atom is -0.384 e. The van der Waals surface area contributed by atoms with Crippen LogP contribution in [0.3, 0.4) is 0 Å². The highest BCUT2D eigenvalue weighted by Gasteiger charge is 2.25.